The lowest BCUT2D eigenvalue weighted by atomic mass is 9.85. The van der Waals surface area contributed by atoms with E-state index in [4.69, 9.17) is 14.6 Å². The van der Waals surface area contributed by atoms with Gasteiger partial charge in [-0.15, -0.1) is 0 Å². The summed E-state index contributed by atoms with van der Waals surface area (Å²) in [6.07, 6.45) is 4.77. The van der Waals surface area contributed by atoms with Crippen LogP contribution >= 0.6 is 11.8 Å². The number of aliphatic carboxylic acids is 1. The largest absolute Gasteiger partial charge is 0.481 e. The molecule has 1 rings (SSSR count). The molecule has 0 spiro atoms. The SMILES string of the molecule is CC(C)(C)OC(=O)N[C@@H]1CCCCC1COCCCSCC(=O)O. The van der Waals surface area contributed by atoms with Gasteiger partial charge in [0.1, 0.15) is 5.60 Å². The minimum atomic E-state index is -0.779. The molecule has 1 saturated carbocycles. The fraction of sp³-hybridized carbons (Fsp3) is 0.882. The summed E-state index contributed by atoms with van der Waals surface area (Å²) in [6.45, 7) is 6.83. The van der Waals surface area contributed by atoms with E-state index in [1.165, 1.54) is 11.8 Å². The molecule has 0 aromatic rings. The zero-order valence-corrected chi connectivity index (χ0v) is 15.8. The van der Waals surface area contributed by atoms with Gasteiger partial charge in [-0.25, -0.2) is 4.79 Å². The quantitative estimate of drug-likeness (QED) is 0.613. The first-order chi connectivity index (χ1) is 11.3. The van der Waals surface area contributed by atoms with Crippen molar-refractivity contribution in [1.29, 1.82) is 0 Å². The number of thioether (sulfide) groups is 1. The van der Waals surface area contributed by atoms with E-state index in [2.05, 4.69) is 5.32 Å². The Morgan fingerprint density at radius 3 is 2.62 bits per heavy atom. The number of rotatable bonds is 9. The Kier molecular flexibility index (Phi) is 9.51. The number of nitrogens with one attached hydrogen (secondary N) is 1. The number of alkyl carbamates (subject to hydrolysis) is 1. The molecule has 2 atom stereocenters. The fourth-order valence-electron chi connectivity index (χ4n) is 2.71. The molecule has 0 bridgehead atoms. The summed E-state index contributed by atoms with van der Waals surface area (Å²) in [5.41, 5.74) is -0.488. The number of hydrogen-bond acceptors (Lipinski definition) is 5. The third-order valence-electron chi connectivity index (χ3n) is 3.75. The fourth-order valence-corrected chi connectivity index (χ4v) is 3.35. The molecule has 0 aromatic carbocycles. The van der Waals surface area contributed by atoms with Crippen LogP contribution in [-0.4, -0.2) is 53.5 Å². The summed E-state index contributed by atoms with van der Waals surface area (Å²) >= 11 is 1.41. The van der Waals surface area contributed by atoms with Crippen molar-refractivity contribution in [3.8, 4) is 0 Å². The molecular formula is C17H31NO5S. The second-order valence-electron chi connectivity index (χ2n) is 7.17. The maximum absolute atomic E-state index is 12.0. The number of carbonyl (C=O) groups excluding carboxylic acids is 1. The summed E-state index contributed by atoms with van der Waals surface area (Å²) in [6, 6.07) is 0.106. The Morgan fingerprint density at radius 1 is 1.25 bits per heavy atom. The van der Waals surface area contributed by atoms with Crippen molar-refractivity contribution in [3.05, 3.63) is 0 Å². The van der Waals surface area contributed by atoms with Crippen molar-refractivity contribution in [2.24, 2.45) is 5.92 Å². The Labute approximate surface area is 149 Å². The van der Waals surface area contributed by atoms with E-state index in [0.29, 0.717) is 19.1 Å². The lowest BCUT2D eigenvalue weighted by Crippen LogP contribution is -2.45. The summed E-state index contributed by atoms with van der Waals surface area (Å²) in [7, 11) is 0. The first-order valence-corrected chi connectivity index (χ1v) is 9.80. The second kappa shape index (κ2) is 10.8. The van der Waals surface area contributed by atoms with Gasteiger partial charge in [0.05, 0.1) is 12.4 Å². The van der Waals surface area contributed by atoms with E-state index in [-0.39, 0.29) is 17.9 Å². The van der Waals surface area contributed by atoms with Crippen molar-refractivity contribution >= 4 is 23.8 Å². The van der Waals surface area contributed by atoms with Crippen molar-refractivity contribution in [2.75, 3.05) is 24.7 Å². The van der Waals surface area contributed by atoms with Gasteiger partial charge in [0.25, 0.3) is 0 Å². The van der Waals surface area contributed by atoms with Gasteiger partial charge in [-0.2, -0.15) is 11.8 Å². The van der Waals surface area contributed by atoms with Crippen molar-refractivity contribution in [1.82, 2.24) is 5.32 Å². The summed E-state index contributed by atoms with van der Waals surface area (Å²) in [4.78, 5) is 22.4. The number of amides is 1. The Bertz CT molecular complexity index is 397. The second-order valence-corrected chi connectivity index (χ2v) is 8.28. The summed E-state index contributed by atoms with van der Waals surface area (Å²) in [5.74, 6) is 0.471. The molecule has 0 aliphatic heterocycles. The predicted octanol–water partition coefficient (Wildman–Crippen LogP) is 3.29. The van der Waals surface area contributed by atoms with E-state index in [9.17, 15) is 9.59 Å². The summed E-state index contributed by atoms with van der Waals surface area (Å²) < 4.78 is 11.1. The molecule has 0 saturated heterocycles. The average molecular weight is 362 g/mol. The number of carboxylic acids is 1. The molecule has 0 radical (unpaired) electrons. The van der Waals surface area contributed by atoms with Crippen LogP contribution in [0.5, 0.6) is 0 Å². The molecule has 1 amide bonds. The number of ether oxygens (including phenoxy) is 2. The van der Waals surface area contributed by atoms with Gasteiger partial charge in [-0.1, -0.05) is 12.8 Å². The smallest absolute Gasteiger partial charge is 0.407 e. The number of carbonyl (C=O) groups is 2. The minimum Gasteiger partial charge on any atom is -0.481 e. The van der Waals surface area contributed by atoms with Gasteiger partial charge >= 0.3 is 12.1 Å². The standard InChI is InChI=1S/C17H31NO5S/c1-17(2,3)23-16(21)18-14-8-5-4-7-13(14)11-22-9-6-10-24-12-15(19)20/h13-14H,4-12H2,1-3H3,(H,18,21)(H,19,20)/t13?,14-/m1/s1. The number of carboxylic acid groups (broad SMARTS) is 1. The lowest BCUT2D eigenvalue weighted by Gasteiger charge is -2.32. The third-order valence-corrected chi connectivity index (χ3v) is 4.77. The zero-order chi connectivity index (χ0) is 18.0. The third kappa shape index (κ3) is 10.0. The summed E-state index contributed by atoms with van der Waals surface area (Å²) in [5, 5.41) is 11.5. The molecule has 1 aliphatic rings. The lowest BCUT2D eigenvalue weighted by molar-refractivity contribution is -0.133. The van der Waals surface area contributed by atoms with Crippen LogP contribution in [0.4, 0.5) is 4.79 Å². The molecule has 1 unspecified atom stereocenters. The maximum Gasteiger partial charge on any atom is 0.407 e. The van der Waals surface area contributed by atoms with Crippen LogP contribution in [0.1, 0.15) is 52.9 Å². The molecule has 6 nitrogen and oxygen atoms in total. The van der Waals surface area contributed by atoms with Gasteiger partial charge in [-0.3, -0.25) is 4.79 Å². The molecule has 140 valence electrons. The van der Waals surface area contributed by atoms with Crippen molar-refractivity contribution in [3.63, 3.8) is 0 Å². The van der Waals surface area contributed by atoms with Crippen molar-refractivity contribution < 1.29 is 24.2 Å². The van der Waals surface area contributed by atoms with Crippen LogP contribution in [-0.2, 0) is 14.3 Å². The van der Waals surface area contributed by atoms with Gasteiger partial charge in [0.15, 0.2) is 0 Å². The molecular weight excluding hydrogens is 330 g/mol. The molecule has 2 N–H and O–H groups in total. The van der Waals surface area contributed by atoms with E-state index in [1.807, 2.05) is 20.8 Å². The monoisotopic (exact) mass is 361 g/mol. The Morgan fingerprint density at radius 2 is 1.96 bits per heavy atom. The molecule has 7 heteroatoms. The molecule has 0 aromatic heterocycles. The zero-order valence-electron chi connectivity index (χ0n) is 15.0. The highest BCUT2D eigenvalue weighted by molar-refractivity contribution is 7.99. The van der Waals surface area contributed by atoms with E-state index in [1.54, 1.807) is 0 Å². The average Bonchev–Trinajstić information content (AvgIpc) is 2.45. The van der Waals surface area contributed by atoms with E-state index >= 15 is 0 Å². The van der Waals surface area contributed by atoms with Crippen LogP contribution in [0.2, 0.25) is 0 Å². The highest BCUT2D eigenvalue weighted by Crippen LogP contribution is 2.25. The van der Waals surface area contributed by atoms with Gasteiger partial charge < -0.3 is 19.9 Å². The maximum atomic E-state index is 12.0. The number of hydrogen-bond donors (Lipinski definition) is 2. The van der Waals surface area contributed by atoms with Crippen LogP contribution in [0, 0.1) is 5.92 Å². The molecule has 24 heavy (non-hydrogen) atoms. The van der Waals surface area contributed by atoms with E-state index < -0.39 is 11.6 Å². The predicted molar refractivity (Wildman–Crippen MR) is 95.5 cm³/mol. The first kappa shape index (κ1) is 21.1. The normalized spacial score (nSPS) is 21.3. The van der Waals surface area contributed by atoms with E-state index in [0.717, 1.165) is 37.9 Å². The Hall–Kier alpha value is -0.950. The highest BCUT2D eigenvalue weighted by atomic mass is 32.2. The van der Waals surface area contributed by atoms with Crippen LogP contribution in [0.3, 0.4) is 0 Å². The van der Waals surface area contributed by atoms with Crippen molar-refractivity contribution in [2.45, 2.75) is 64.5 Å². The first-order valence-electron chi connectivity index (χ1n) is 8.65. The Balaban J connectivity index is 2.23. The topological polar surface area (TPSA) is 84.9 Å². The molecule has 0 heterocycles. The van der Waals surface area contributed by atoms with Gasteiger partial charge in [0.2, 0.25) is 0 Å². The van der Waals surface area contributed by atoms with Crippen LogP contribution in [0.15, 0.2) is 0 Å². The van der Waals surface area contributed by atoms with Crippen LogP contribution < -0.4 is 5.32 Å². The molecule has 1 fully saturated rings. The highest BCUT2D eigenvalue weighted by Gasteiger charge is 2.28. The minimum absolute atomic E-state index is 0.106. The van der Waals surface area contributed by atoms with Gasteiger partial charge in [0, 0.05) is 18.6 Å². The molecule has 1 aliphatic carbocycles. The van der Waals surface area contributed by atoms with Crippen LogP contribution in [0.25, 0.3) is 0 Å². The van der Waals surface area contributed by atoms with Gasteiger partial charge in [-0.05, 0) is 45.8 Å².